The maximum atomic E-state index is 5.56. The summed E-state index contributed by atoms with van der Waals surface area (Å²) in [5, 5.41) is 4.73. The molecule has 3 aromatic rings. The lowest BCUT2D eigenvalue weighted by molar-refractivity contribution is 0.0854. The van der Waals surface area contributed by atoms with Gasteiger partial charge in [-0.2, -0.15) is 0 Å². The molecule has 2 aromatic carbocycles. The van der Waals surface area contributed by atoms with Crippen LogP contribution >= 0.6 is 15.9 Å². The first-order chi connectivity index (χ1) is 13.2. The van der Waals surface area contributed by atoms with Crippen molar-refractivity contribution in [1.82, 2.24) is 4.98 Å². The number of hydrogen-bond acceptors (Lipinski definition) is 4. The number of rotatable bonds is 5. The average Bonchev–Trinajstić information content (AvgIpc) is 2.72. The lowest BCUT2D eigenvalue weighted by Crippen LogP contribution is -2.16. The Labute approximate surface area is 168 Å². The van der Waals surface area contributed by atoms with Gasteiger partial charge >= 0.3 is 0 Å². The molecule has 1 aliphatic rings. The minimum absolute atomic E-state index is 0.480. The lowest BCUT2D eigenvalue weighted by atomic mass is 9.91. The van der Waals surface area contributed by atoms with E-state index in [1.54, 1.807) is 7.11 Å². The molecule has 2 heterocycles. The van der Waals surface area contributed by atoms with Gasteiger partial charge in [0.2, 0.25) is 0 Å². The van der Waals surface area contributed by atoms with Crippen molar-refractivity contribution >= 4 is 32.7 Å². The van der Waals surface area contributed by atoms with Crippen LogP contribution in [0.5, 0.6) is 5.75 Å². The van der Waals surface area contributed by atoms with Gasteiger partial charge < -0.3 is 14.8 Å². The van der Waals surface area contributed by atoms with Crippen molar-refractivity contribution in [1.29, 1.82) is 0 Å². The molecule has 4 nitrogen and oxygen atoms in total. The number of halogens is 1. The van der Waals surface area contributed by atoms with E-state index < -0.39 is 0 Å². The van der Waals surface area contributed by atoms with Crippen molar-refractivity contribution in [3.63, 3.8) is 0 Å². The summed E-state index contributed by atoms with van der Waals surface area (Å²) < 4.78 is 11.9. The summed E-state index contributed by atoms with van der Waals surface area (Å²) in [5.41, 5.74) is 3.50. The molecule has 0 bridgehead atoms. The Balaban J connectivity index is 1.64. The zero-order valence-corrected chi connectivity index (χ0v) is 17.0. The fourth-order valence-corrected chi connectivity index (χ4v) is 3.93. The molecule has 1 aromatic heterocycles. The summed E-state index contributed by atoms with van der Waals surface area (Å²) >= 11 is 3.57. The van der Waals surface area contributed by atoms with Gasteiger partial charge in [-0.3, -0.25) is 0 Å². The van der Waals surface area contributed by atoms with Crippen LogP contribution in [0.1, 0.15) is 29.9 Å². The lowest BCUT2D eigenvalue weighted by Gasteiger charge is -2.25. The monoisotopic (exact) mass is 426 g/mol. The second kappa shape index (κ2) is 8.28. The van der Waals surface area contributed by atoms with Crippen LogP contribution in [0.25, 0.3) is 10.9 Å². The van der Waals surface area contributed by atoms with Gasteiger partial charge in [0.1, 0.15) is 11.6 Å². The molecule has 0 unspecified atom stereocenters. The minimum Gasteiger partial charge on any atom is -0.497 e. The summed E-state index contributed by atoms with van der Waals surface area (Å²) in [6.45, 7) is 2.37. The average molecular weight is 427 g/mol. The first-order valence-corrected chi connectivity index (χ1v) is 10.1. The SMILES string of the molecule is COc1ccc(CNc2nc3ccc(Br)cc3cc2C2CCOCC2)cc1. The zero-order chi connectivity index (χ0) is 18.6. The van der Waals surface area contributed by atoms with Crippen LogP contribution < -0.4 is 10.1 Å². The van der Waals surface area contributed by atoms with E-state index >= 15 is 0 Å². The molecule has 1 fully saturated rings. The van der Waals surface area contributed by atoms with Gasteiger partial charge in [-0.05, 0) is 66.3 Å². The van der Waals surface area contributed by atoms with Crippen LogP contribution in [0, 0.1) is 0 Å². The molecule has 0 saturated carbocycles. The molecule has 1 saturated heterocycles. The summed E-state index contributed by atoms with van der Waals surface area (Å²) in [5.74, 6) is 2.33. The summed E-state index contributed by atoms with van der Waals surface area (Å²) in [7, 11) is 1.69. The van der Waals surface area contributed by atoms with E-state index in [0.717, 1.165) is 54.2 Å². The number of hydrogen-bond donors (Lipinski definition) is 1. The van der Waals surface area contributed by atoms with E-state index in [2.05, 4.69) is 51.6 Å². The molecule has 1 aliphatic heterocycles. The summed E-state index contributed by atoms with van der Waals surface area (Å²) in [6.07, 6.45) is 2.08. The highest BCUT2D eigenvalue weighted by Crippen LogP contribution is 2.34. The highest BCUT2D eigenvalue weighted by molar-refractivity contribution is 9.10. The van der Waals surface area contributed by atoms with E-state index in [-0.39, 0.29) is 0 Å². The topological polar surface area (TPSA) is 43.4 Å². The largest absolute Gasteiger partial charge is 0.497 e. The number of anilines is 1. The molecule has 27 heavy (non-hydrogen) atoms. The van der Waals surface area contributed by atoms with E-state index in [0.29, 0.717) is 5.92 Å². The smallest absolute Gasteiger partial charge is 0.130 e. The van der Waals surface area contributed by atoms with Crippen molar-refractivity contribution in [2.45, 2.75) is 25.3 Å². The summed E-state index contributed by atoms with van der Waals surface area (Å²) in [4.78, 5) is 4.94. The Morgan fingerprint density at radius 1 is 1.11 bits per heavy atom. The van der Waals surface area contributed by atoms with Gasteiger partial charge in [0.05, 0.1) is 12.6 Å². The Kier molecular flexibility index (Phi) is 5.60. The third kappa shape index (κ3) is 4.25. The molecule has 5 heteroatoms. The van der Waals surface area contributed by atoms with Gasteiger partial charge in [-0.15, -0.1) is 0 Å². The third-order valence-corrected chi connectivity index (χ3v) is 5.58. The summed E-state index contributed by atoms with van der Waals surface area (Å²) in [6, 6.07) is 16.7. The predicted octanol–water partition coefficient (Wildman–Crippen LogP) is 5.51. The van der Waals surface area contributed by atoms with Gasteiger partial charge in [-0.1, -0.05) is 28.1 Å². The van der Waals surface area contributed by atoms with Crippen LogP contribution in [-0.2, 0) is 11.3 Å². The van der Waals surface area contributed by atoms with E-state index in [4.69, 9.17) is 14.5 Å². The molecule has 4 rings (SSSR count). The van der Waals surface area contributed by atoms with Crippen molar-refractivity contribution < 1.29 is 9.47 Å². The predicted molar refractivity (Wildman–Crippen MR) is 113 cm³/mol. The number of nitrogens with one attached hydrogen (secondary N) is 1. The van der Waals surface area contributed by atoms with E-state index in [1.807, 2.05) is 18.2 Å². The minimum atomic E-state index is 0.480. The van der Waals surface area contributed by atoms with Gasteiger partial charge in [0.15, 0.2) is 0 Å². The standard InChI is InChI=1S/C22H23BrN2O2/c1-26-19-5-2-15(3-6-19)14-24-22-20(16-8-10-27-11-9-16)13-17-12-18(23)4-7-21(17)25-22/h2-7,12-13,16H,8-11,14H2,1H3,(H,24,25). The maximum absolute atomic E-state index is 5.56. The molecule has 140 valence electrons. The van der Waals surface area contributed by atoms with Crippen LogP contribution in [0.2, 0.25) is 0 Å². The van der Waals surface area contributed by atoms with Gasteiger partial charge in [-0.25, -0.2) is 4.98 Å². The third-order valence-electron chi connectivity index (χ3n) is 5.09. The van der Waals surface area contributed by atoms with Crippen LogP contribution in [-0.4, -0.2) is 25.3 Å². The number of aromatic nitrogens is 1. The Bertz CT molecular complexity index is 921. The maximum Gasteiger partial charge on any atom is 0.130 e. The number of methoxy groups -OCH3 is 1. The first-order valence-electron chi connectivity index (χ1n) is 9.27. The van der Waals surface area contributed by atoms with Gasteiger partial charge in [0, 0.05) is 29.6 Å². The fourth-order valence-electron chi connectivity index (χ4n) is 3.55. The fraction of sp³-hybridized carbons (Fsp3) is 0.318. The number of benzene rings is 2. The van der Waals surface area contributed by atoms with Crippen molar-refractivity contribution in [2.75, 3.05) is 25.6 Å². The number of nitrogens with zero attached hydrogens (tertiary/aromatic N) is 1. The Hall–Kier alpha value is -2.11. The van der Waals surface area contributed by atoms with Crippen LogP contribution in [0.4, 0.5) is 5.82 Å². The van der Waals surface area contributed by atoms with Crippen LogP contribution in [0.15, 0.2) is 53.0 Å². The zero-order valence-electron chi connectivity index (χ0n) is 15.4. The molecular formula is C22H23BrN2O2. The Morgan fingerprint density at radius 2 is 1.89 bits per heavy atom. The molecule has 0 atom stereocenters. The van der Waals surface area contributed by atoms with Gasteiger partial charge in [0.25, 0.3) is 0 Å². The number of ether oxygens (including phenoxy) is 2. The molecular weight excluding hydrogens is 404 g/mol. The normalized spacial score (nSPS) is 15.0. The van der Waals surface area contributed by atoms with Crippen LogP contribution in [0.3, 0.4) is 0 Å². The second-order valence-corrected chi connectivity index (χ2v) is 7.77. The molecule has 0 spiro atoms. The van der Waals surface area contributed by atoms with E-state index in [9.17, 15) is 0 Å². The van der Waals surface area contributed by atoms with E-state index in [1.165, 1.54) is 16.5 Å². The highest BCUT2D eigenvalue weighted by Gasteiger charge is 2.20. The first kappa shape index (κ1) is 18.3. The highest BCUT2D eigenvalue weighted by atomic mass is 79.9. The quantitative estimate of drug-likeness (QED) is 0.583. The van der Waals surface area contributed by atoms with Crippen molar-refractivity contribution in [3.05, 3.63) is 64.1 Å². The number of fused-ring (bicyclic) bond motifs is 1. The second-order valence-electron chi connectivity index (χ2n) is 6.85. The molecule has 0 amide bonds. The molecule has 1 N–H and O–H groups in total. The molecule has 0 radical (unpaired) electrons. The number of pyridine rings is 1. The Morgan fingerprint density at radius 3 is 2.63 bits per heavy atom. The molecule has 0 aliphatic carbocycles. The van der Waals surface area contributed by atoms with Crippen molar-refractivity contribution in [3.8, 4) is 5.75 Å². The van der Waals surface area contributed by atoms with Crippen molar-refractivity contribution in [2.24, 2.45) is 0 Å².